The maximum atomic E-state index is 8.71. The fraction of sp³-hybridized carbons (Fsp3) is 0.269. The Morgan fingerprint density at radius 3 is 2.28 bits per heavy atom. The van der Waals surface area contributed by atoms with Crippen LogP contribution in [0.1, 0.15) is 47.9 Å². The van der Waals surface area contributed by atoms with Crippen LogP contribution in [0.25, 0.3) is 0 Å². The van der Waals surface area contributed by atoms with E-state index in [0.717, 1.165) is 47.2 Å². The Labute approximate surface area is 189 Å². The quantitative estimate of drug-likeness (QED) is 0.338. The van der Waals surface area contributed by atoms with Crippen LogP contribution < -0.4 is 16.8 Å². The van der Waals surface area contributed by atoms with E-state index in [1.807, 2.05) is 30.5 Å². The smallest absolute Gasteiger partial charge is 0.122 e. The van der Waals surface area contributed by atoms with Crippen LogP contribution in [0.15, 0.2) is 76.6 Å². The number of benzene rings is 2. The molecule has 0 atom stereocenters. The summed E-state index contributed by atoms with van der Waals surface area (Å²) in [5.74, 6) is 0.0724. The zero-order valence-corrected chi connectivity index (χ0v) is 18.3. The SMILES string of the molecule is N#CCCc1ccc(CN=C/C(=C\N)C(NCc2ccc(C(=N)N)cc2)=C2CCC2)cc1. The van der Waals surface area contributed by atoms with E-state index in [2.05, 4.69) is 40.6 Å². The minimum Gasteiger partial charge on any atom is -0.404 e. The van der Waals surface area contributed by atoms with E-state index in [9.17, 15) is 0 Å². The summed E-state index contributed by atoms with van der Waals surface area (Å²) in [7, 11) is 0. The van der Waals surface area contributed by atoms with Crippen molar-refractivity contribution in [2.45, 2.75) is 45.2 Å². The number of nitrogen functional groups attached to an aromatic ring is 1. The summed E-state index contributed by atoms with van der Waals surface area (Å²) in [6.45, 7) is 1.23. The van der Waals surface area contributed by atoms with Gasteiger partial charge in [0.1, 0.15) is 5.84 Å². The Balaban J connectivity index is 1.63. The van der Waals surface area contributed by atoms with Crippen molar-refractivity contribution in [3.05, 3.63) is 93.8 Å². The van der Waals surface area contributed by atoms with Crippen molar-refractivity contribution in [1.82, 2.24) is 5.32 Å². The molecule has 32 heavy (non-hydrogen) atoms. The molecule has 0 heterocycles. The standard InChI is InChI=1S/C26H30N6/c27-14-2-3-19-6-8-20(9-7-19)16-31-18-24(15-28)25(22-4-1-5-22)32-17-21-10-12-23(13-11-21)26(29)30/h6-13,15,18,32H,1-5,16-17,28H2,(H3,29,30)/b24-15+,31-18?. The van der Waals surface area contributed by atoms with Gasteiger partial charge in [-0.15, -0.1) is 0 Å². The zero-order chi connectivity index (χ0) is 22.8. The van der Waals surface area contributed by atoms with Crippen molar-refractivity contribution in [3.63, 3.8) is 0 Å². The minimum absolute atomic E-state index is 0.0724. The molecule has 0 bridgehead atoms. The van der Waals surface area contributed by atoms with Gasteiger partial charge >= 0.3 is 0 Å². The minimum atomic E-state index is 0.0724. The van der Waals surface area contributed by atoms with Gasteiger partial charge in [0, 0.05) is 42.2 Å². The molecule has 0 aliphatic heterocycles. The van der Waals surface area contributed by atoms with E-state index in [4.69, 9.17) is 22.1 Å². The number of rotatable bonds is 10. The maximum Gasteiger partial charge on any atom is 0.122 e. The molecule has 6 N–H and O–H groups in total. The van der Waals surface area contributed by atoms with Crippen LogP contribution in [0.5, 0.6) is 0 Å². The van der Waals surface area contributed by atoms with Crippen LogP contribution in [0.2, 0.25) is 0 Å². The van der Waals surface area contributed by atoms with Crippen LogP contribution in [0.4, 0.5) is 0 Å². The van der Waals surface area contributed by atoms with Gasteiger partial charge in [-0.25, -0.2) is 0 Å². The lowest BCUT2D eigenvalue weighted by Gasteiger charge is -2.24. The Hall–Kier alpha value is -3.85. The molecule has 0 aromatic heterocycles. The highest BCUT2D eigenvalue weighted by Gasteiger charge is 2.17. The number of allylic oxidation sites excluding steroid dienone is 2. The molecule has 1 aliphatic rings. The number of hydrogen-bond acceptors (Lipinski definition) is 5. The second kappa shape index (κ2) is 11.5. The lowest BCUT2D eigenvalue weighted by Crippen LogP contribution is -2.21. The third-order valence-electron chi connectivity index (χ3n) is 5.57. The van der Waals surface area contributed by atoms with Gasteiger partial charge in [0.25, 0.3) is 0 Å². The highest BCUT2D eigenvalue weighted by molar-refractivity contribution is 5.94. The van der Waals surface area contributed by atoms with Crippen LogP contribution in [0.3, 0.4) is 0 Å². The molecule has 2 aromatic rings. The Morgan fingerprint density at radius 2 is 1.72 bits per heavy atom. The molecule has 6 nitrogen and oxygen atoms in total. The molecule has 3 rings (SSSR count). The molecule has 1 aliphatic carbocycles. The lowest BCUT2D eigenvalue weighted by atomic mass is 9.88. The zero-order valence-electron chi connectivity index (χ0n) is 18.3. The van der Waals surface area contributed by atoms with Crippen LogP contribution >= 0.6 is 0 Å². The second-order valence-electron chi connectivity index (χ2n) is 7.86. The molecule has 0 saturated heterocycles. The second-order valence-corrected chi connectivity index (χ2v) is 7.86. The molecule has 0 amide bonds. The third kappa shape index (κ3) is 6.32. The van der Waals surface area contributed by atoms with Crippen LogP contribution in [-0.2, 0) is 19.5 Å². The predicted octanol–water partition coefficient (Wildman–Crippen LogP) is 4.07. The molecule has 0 unspecified atom stereocenters. The van der Waals surface area contributed by atoms with Crippen LogP contribution in [-0.4, -0.2) is 12.1 Å². The van der Waals surface area contributed by atoms with E-state index < -0.39 is 0 Å². The van der Waals surface area contributed by atoms with Gasteiger partial charge in [-0.2, -0.15) is 5.26 Å². The average Bonchev–Trinajstić information content (AvgIpc) is 2.78. The summed E-state index contributed by atoms with van der Waals surface area (Å²) >= 11 is 0. The van der Waals surface area contributed by atoms with Crippen molar-refractivity contribution < 1.29 is 0 Å². The summed E-state index contributed by atoms with van der Waals surface area (Å²) in [4.78, 5) is 4.62. The number of aliphatic imine (C=N–C) groups is 1. The van der Waals surface area contributed by atoms with Gasteiger partial charge in [-0.05, 0) is 47.9 Å². The third-order valence-corrected chi connectivity index (χ3v) is 5.57. The van der Waals surface area contributed by atoms with Crippen molar-refractivity contribution in [3.8, 4) is 6.07 Å². The molecule has 2 aromatic carbocycles. The summed E-state index contributed by atoms with van der Waals surface area (Å²) in [6, 6.07) is 18.1. The molecule has 1 saturated carbocycles. The Morgan fingerprint density at radius 1 is 1.06 bits per heavy atom. The largest absolute Gasteiger partial charge is 0.404 e. The predicted molar refractivity (Wildman–Crippen MR) is 130 cm³/mol. The summed E-state index contributed by atoms with van der Waals surface area (Å²) in [6.07, 6.45) is 8.10. The van der Waals surface area contributed by atoms with E-state index in [-0.39, 0.29) is 5.84 Å². The molecular formula is C26H30N6. The fourth-order valence-electron chi connectivity index (χ4n) is 3.48. The van der Waals surface area contributed by atoms with E-state index in [1.54, 1.807) is 6.20 Å². The first-order valence-electron chi connectivity index (χ1n) is 10.9. The normalized spacial score (nSPS) is 13.5. The number of aryl methyl sites for hydroxylation is 1. The maximum absolute atomic E-state index is 8.71. The van der Waals surface area contributed by atoms with Gasteiger partial charge in [0.2, 0.25) is 0 Å². The Kier molecular flexibility index (Phi) is 8.22. The first kappa shape index (κ1) is 22.8. The topological polar surface area (TPSA) is 124 Å². The van der Waals surface area contributed by atoms with Gasteiger partial charge < -0.3 is 16.8 Å². The number of nitrogens with two attached hydrogens (primary N) is 2. The molecule has 1 fully saturated rings. The van der Waals surface area contributed by atoms with E-state index in [0.29, 0.717) is 19.5 Å². The van der Waals surface area contributed by atoms with E-state index in [1.165, 1.54) is 17.6 Å². The highest BCUT2D eigenvalue weighted by atomic mass is 14.9. The average molecular weight is 427 g/mol. The summed E-state index contributed by atoms with van der Waals surface area (Å²) in [5.41, 5.74) is 18.9. The van der Waals surface area contributed by atoms with Crippen molar-refractivity contribution in [1.29, 1.82) is 10.7 Å². The molecular weight excluding hydrogens is 396 g/mol. The first-order valence-corrected chi connectivity index (χ1v) is 10.9. The van der Waals surface area contributed by atoms with Gasteiger partial charge in [-0.3, -0.25) is 10.4 Å². The first-order chi connectivity index (χ1) is 15.6. The van der Waals surface area contributed by atoms with Gasteiger partial charge in [0.05, 0.1) is 12.6 Å². The lowest BCUT2D eigenvalue weighted by molar-refractivity contribution is 0.632. The van der Waals surface area contributed by atoms with E-state index >= 15 is 0 Å². The molecule has 6 heteroatoms. The van der Waals surface area contributed by atoms with Gasteiger partial charge in [0.15, 0.2) is 0 Å². The highest BCUT2D eigenvalue weighted by Crippen LogP contribution is 2.30. The van der Waals surface area contributed by atoms with Gasteiger partial charge in [-0.1, -0.05) is 48.5 Å². The van der Waals surface area contributed by atoms with Crippen molar-refractivity contribution >= 4 is 12.1 Å². The summed E-state index contributed by atoms with van der Waals surface area (Å²) in [5, 5.41) is 19.8. The molecule has 164 valence electrons. The number of amidine groups is 1. The number of hydrogen-bond donors (Lipinski definition) is 4. The van der Waals surface area contributed by atoms with Crippen molar-refractivity contribution in [2.75, 3.05) is 0 Å². The fourth-order valence-corrected chi connectivity index (χ4v) is 3.48. The number of nitrogens with zero attached hydrogens (tertiary/aromatic N) is 2. The number of nitrogens with one attached hydrogen (secondary N) is 2. The monoisotopic (exact) mass is 426 g/mol. The molecule has 0 radical (unpaired) electrons. The summed E-state index contributed by atoms with van der Waals surface area (Å²) < 4.78 is 0. The molecule has 0 spiro atoms. The van der Waals surface area contributed by atoms with Crippen molar-refractivity contribution in [2.24, 2.45) is 16.5 Å². The Bertz CT molecular complexity index is 1050. The van der Waals surface area contributed by atoms with Crippen LogP contribution in [0, 0.1) is 16.7 Å². The number of nitriles is 1.